The molecule has 0 amide bonds. The number of hydrogen-bond donors (Lipinski definition) is 1. The first-order chi connectivity index (χ1) is 10.3. The van der Waals surface area contributed by atoms with Crippen molar-refractivity contribution in [2.24, 2.45) is 0 Å². The molecule has 0 aliphatic carbocycles. The van der Waals surface area contributed by atoms with Gasteiger partial charge in [0.25, 0.3) is 0 Å². The summed E-state index contributed by atoms with van der Waals surface area (Å²) in [6.07, 6.45) is -3.54. The van der Waals surface area contributed by atoms with E-state index in [2.05, 4.69) is 4.98 Å². The molecule has 0 fully saturated rings. The number of H-pyrrole nitrogens is 1. The highest BCUT2D eigenvalue weighted by Gasteiger charge is 2.61. The molecule has 2 aromatic rings. The number of methoxy groups -OCH3 is 1. The van der Waals surface area contributed by atoms with Gasteiger partial charge in [0.15, 0.2) is 5.41 Å². The number of aromatic amines is 1. The van der Waals surface area contributed by atoms with Crippen molar-refractivity contribution >= 4 is 0 Å². The second-order valence-corrected chi connectivity index (χ2v) is 4.71. The van der Waals surface area contributed by atoms with E-state index in [1.165, 1.54) is 49.7 Å². The second kappa shape index (κ2) is 5.70. The quantitative estimate of drug-likeness (QED) is 0.681. The number of nitrogens with one attached hydrogen (secondary N) is 1. The van der Waals surface area contributed by atoms with E-state index in [0.29, 0.717) is 5.75 Å². The maximum atomic E-state index is 13.8. The maximum absolute atomic E-state index is 13.8. The summed E-state index contributed by atoms with van der Waals surface area (Å²) in [4.78, 5) is 12.4. The molecule has 8 heteroatoms. The van der Waals surface area contributed by atoms with E-state index in [1.807, 2.05) is 0 Å². The van der Waals surface area contributed by atoms with E-state index in [1.54, 1.807) is 0 Å². The molecule has 1 heterocycles. The van der Waals surface area contributed by atoms with Gasteiger partial charge in [-0.3, -0.25) is 10.1 Å². The Balaban J connectivity index is 2.68. The van der Waals surface area contributed by atoms with Gasteiger partial charge in [0.05, 0.1) is 7.11 Å². The number of ether oxygens (including phenoxy) is 1. The molecule has 1 atom stereocenters. The van der Waals surface area contributed by atoms with Gasteiger partial charge in [-0.25, -0.2) is 0 Å². The molecule has 5 nitrogen and oxygen atoms in total. The van der Waals surface area contributed by atoms with Crippen LogP contribution in [-0.2, 0) is 5.41 Å². The fourth-order valence-electron chi connectivity index (χ4n) is 2.40. The van der Waals surface area contributed by atoms with Crippen LogP contribution in [0, 0.1) is 10.1 Å². The summed E-state index contributed by atoms with van der Waals surface area (Å²) in [5.74, 6) is 0.368. The second-order valence-electron chi connectivity index (χ2n) is 4.71. The lowest BCUT2D eigenvalue weighted by molar-refractivity contribution is -0.498. The fraction of sp³-hybridized carbons (Fsp3) is 0.286. The van der Waals surface area contributed by atoms with Crippen LogP contribution in [0.3, 0.4) is 0 Å². The first-order valence-electron chi connectivity index (χ1n) is 6.28. The van der Waals surface area contributed by atoms with Crippen molar-refractivity contribution in [3.63, 3.8) is 0 Å². The van der Waals surface area contributed by atoms with E-state index < -0.39 is 23.1 Å². The van der Waals surface area contributed by atoms with Gasteiger partial charge in [-0.05, 0) is 29.8 Å². The average molecular weight is 314 g/mol. The summed E-state index contributed by atoms with van der Waals surface area (Å²) in [6, 6.07) is 7.64. The Hall–Kier alpha value is -2.51. The van der Waals surface area contributed by atoms with Crippen LogP contribution in [0.4, 0.5) is 13.2 Å². The molecule has 1 N–H and O–H groups in total. The Kier molecular flexibility index (Phi) is 4.11. The Bertz CT molecular complexity index is 638. The van der Waals surface area contributed by atoms with Gasteiger partial charge in [0, 0.05) is 16.8 Å². The number of halogens is 3. The van der Waals surface area contributed by atoms with Gasteiger partial charge in [0.2, 0.25) is 6.54 Å². The standard InChI is InChI=1S/C14H13F3N2O3/c1-22-11-6-4-10(5-7-11)13(9-19(20)21,14(15,16)17)12-3-2-8-18-12/h2-8,18H,9H2,1H3/t13-/m0/s1. The number of nitrogens with zero attached hydrogens (tertiary/aromatic N) is 1. The molecule has 0 saturated carbocycles. The summed E-state index contributed by atoms with van der Waals surface area (Å²) in [5.41, 5.74) is -3.24. The first kappa shape index (κ1) is 15.9. The van der Waals surface area contributed by atoms with Crippen molar-refractivity contribution in [2.75, 3.05) is 13.7 Å². The highest BCUT2D eigenvalue weighted by atomic mass is 19.4. The molecule has 0 aliphatic rings. The SMILES string of the molecule is COc1ccc([C@@](C[N+](=O)[O-])(c2ccc[nH]2)C(F)(F)F)cc1. The summed E-state index contributed by atoms with van der Waals surface area (Å²) in [5, 5.41) is 10.9. The van der Waals surface area contributed by atoms with Crippen LogP contribution in [0.2, 0.25) is 0 Å². The predicted octanol–water partition coefficient (Wildman–Crippen LogP) is 3.15. The molecular formula is C14H13F3N2O3. The zero-order valence-corrected chi connectivity index (χ0v) is 11.6. The number of benzene rings is 1. The topological polar surface area (TPSA) is 68.2 Å². The number of aromatic nitrogens is 1. The molecule has 2 rings (SSSR count). The van der Waals surface area contributed by atoms with Crippen LogP contribution in [0.1, 0.15) is 11.3 Å². The van der Waals surface area contributed by atoms with Crippen LogP contribution in [0.5, 0.6) is 5.75 Å². The number of nitro groups is 1. The Morgan fingerprint density at radius 3 is 2.27 bits per heavy atom. The van der Waals surface area contributed by atoms with Crippen LogP contribution in [0.15, 0.2) is 42.6 Å². The zero-order valence-electron chi connectivity index (χ0n) is 11.6. The summed E-state index contributed by atoms with van der Waals surface area (Å²) < 4.78 is 46.4. The lowest BCUT2D eigenvalue weighted by Crippen LogP contribution is -2.49. The molecule has 0 aliphatic heterocycles. The minimum atomic E-state index is -4.85. The predicted molar refractivity (Wildman–Crippen MR) is 72.5 cm³/mol. The van der Waals surface area contributed by atoms with Gasteiger partial charge in [-0.1, -0.05) is 12.1 Å². The average Bonchev–Trinajstić information content (AvgIpc) is 2.97. The Morgan fingerprint density at radius 1 is 1.23 bits per heavy atom. The fourth-order valence-corrected chi connectivity index (χ4v) is 2.40. The molecule has 0 unspecified atom stereocenters. The van der Waals surface area contributed by atoms with E-state index in [-0.39, 0.29) is 11.3 Å². The molecule has 22 heavy (non-hydrogen) atoms. The van der Waals surface area contributed by atoms with Crippen molar-refractivity contribution in [1.82, 2.24) is 4.98 Å². The van der Waals surface area contributed by atoms with Gasteiger partial charge in [-0.15, -0.1) is 0 Å². The highest BCUT2D eigenvalue weighted by molar-refractivity contribution is 5.41. The largest absolute Gasteiger partial charge is 0.497 e. The maximum Gasteiger partial charge on any atom is 0.410 e. The van der Waals surface area contributed by atoms with Crippen molar-refractivity contribution in [3.8, 4) is 5.75 Å². The smallest absolute Gasteiger partial charge is 0.410 e. The first-order valence-corrected chi connectivity index (χ1v) is 6.28. The summed E-state index contributed by atoms with van der Waals surface area (Å²) >= 11 is 0. The van der Waals surface area contributed by atoms with E-state index in [0.717, 1.165) is 0 Å². The third kappa shape index (κ3) is 2.63. The van der Waals surface area contributed by atoms with Gasteiger partial charge in [-0.2, -0.15) is 13.2 Å². The monoisotopic (exact) mass is 314 g/mol. The minimum absolute atomic E-state index is 0.222. The van der Waals surface area contributed by atoms with Gasteiger partial charge < -0.3 is 9.72 Å². The summed E-state index contributed by atoms with van der Waals surface area (Å²) in [6.45, 7) is -1.30. The van der Waals surface area contributed by atoms with Crippen LogP contribution in [-0.4, -0.2) is 29.7 Å². The van der Waals surface area contributed by atoms with Crippen molar-refractivity contribution in [2.45, 2.75) is 11.6 Å². The number of rotatable bonds is 5. The van der Waals surface area contributed by atoms with Crippen LogP contribution < -0.4 is 4.74 Å². The van der Waals surface area contributed by atoms with E-state index >= 15 is 0 Å². The third-order valence-electron chi connectivity index (χ3n) is 3.49. The lowest BCUT2D eigenvalue weighted by Gasteiger charge is -2.32. The molecule has 0 saturated heterocycles. The molecule has 118 valence electrons. The van der Waals surface area contributed by atoms with Gasteiger partial charge in [0.1, 0.15) is 5.75 Å². The number of hydrogen-bond acceptors (Lipinski definition) is 3. The van der Waals surface area contributed by atoms with Crippen LogP contribution >= 0.6 is 0 Å². The molecular weight excluding hydrogens is 301 g/mol. The lowest BCUT2D eigenvalue weighted by atomic mass is 9.76. The zero-order chi connectivity index (χ0) is 16.4. The normalized spacial score (nSPS) is 14.4. The number of alkyl halides is 3. The molecule has 1 aromatic carbocycles. The molecule has 1 aromatic heterocycles. The van der Waals surface area contributed by atoms with Crippen LogP contribution in [0.25, 0.3) is 0 Å². The summed E-state index contributed by atoms with van der Waals surface area (Å²) in [7, 11) is 1.38. The highest BCUT2D eigenvalue weighted by Crippen LogP contribution is 2.46. The minimum Gasteiger partial charge on any atom is -0.497 e. The molecule has 0 radical (unpaired) electrons. The van der Waals surface area contributed by atoms with Crippen molar-refractivity contribution < 1.29 is 22.8 Å². The van der Waals surface area contributed by atoms with E-state index in [9.17, 15) is 23.3 Å². The Labute approximate surface area is 123 Å². The third-order valence-corrected chi connectivity index (χ3v) is 3.49. The Morgan fingerprint density at radius 2 is 1.86 bits per heavy atom. The molecule has 0 bridgehead atoms. The van der Waals surface area contributed by atoms with Crippen molar-refractivity contribution in [3.05, 3.63) is 64.0 Å². The van der Waals surface area contributed by atoms with Gasteiger partial charge >= 0.3 is 6.18 Å². The molecule has 0 spiro atoms. The van der Waals surface area contributed by atoms with E-state index in [4.69, 9.17) is 4.74 Å². The van der Waals surface area contributed by atoms with Crippen molar-refractivity contribution in [1.29, 1.82) is 0 Å².